The molecule has 0 saturated carbocycles. The largest absolute Gasteiger partial charge is 0.340 e. The minimum atomic E-state index is -0.200. The molecule has 3 nitrogen and oxygen atoms in total. The van der Waals surface area contributed by atoms with Gasteiger partial charge in [0.05, 0.1) is 0 Å². The lowest BCUT2D eigenvalue weighted by atomic mass is 10.6. The molecule has 1 fully saturated rings. The SMILES string of the molecule is COPOC1(C)NCCS1. The summed E-state index contributed by atoms with van der Waals surface area (Å²) in [5.74, 6) is 1.12. The Labute approximate surface area is 67.2 Å². The molecule has 2 atom stereocenters. The van der Waals surface area contributed by atoms with Crippen LogP contribution < -0.4 is 5.32 Å². The molecule has 0 aromatic heterocycles. The molecule has 1 heterocycles. The van der Waals surface area contributed by atoms with E-state index in [1.165, 1.54) is 0 Å². The predicted molar refractivity (Wildman–Crippen MR) is 45.3 cm³/mol. The van der Waals surface area contributed by atoms with Crippen molar-refractivity contribution >= 4 is 20.8 Å². The van der Waals surface area contributed by atoms with E-state index in [2.05, 4.69) is 5.32 Å². The van der Waals surface area contributed by atoms with Gasteiger partial charge in [-0.15, -0.1) is 11.8 Å². The van der Waals surface area contributed by atoms with Crippen LogP contribution in [0.1, 0.15) is 6.92 Å². The summed E-state index contributed by atoms with van der Waals surface area (Å²) in [4.78, 5) is 0. The van der Waals surface area contributed by atoms with Gasteiger partial charge >= 0.3 is 0 Å². The van der Waals surface area contributed by atoms with Crippen LogP contribution in [0.2, 0.25) is 0 Å². The molecular formula is C5H12NO2PS. The molecule has 0 spiro atoms. The minimum absolute atomic E-state index is 0.137. The Morgan fingerprint density at radius 1 is 1.70 bits per heavy atom. The Morgan fingerprint density at radius 2 is 2.50 bits per heavy atom. The second-order valence-corrected chi connectivity index (χ2v) is 4.37. The summed E-state index contributed by atoms with van der Waals surface area (Å²) in [6.45, 7) is 3.05. The lowest BCUT2D eigenvalue weighted by Crippen LogP contribution is -2.34. The van der Waals surface area contributed by atoms with E-state index in [1.807, 2.05) is 6.92 Å². The quantitative estimate of drug-likeness (QED) is 0.662. The third-order valence-electron chi connectivity index (χ3n) is 1.25. The molecule has 60 valence electrons. The van der Waals surface area contributed by atoms with Crippen molar-refractivity contribution in [2.75, 3.05) is 19.4 Å². The van der Waals surface area contributed by atoms with Crippen molar-refractivity contribution in [1.29, 1.82) is 0 Å². The third-order valence-corrected chi connectivity index (χ3v) is 3.24. The summed E-state index contributed by atoms with van der Waals surface area (Å²) in [5.41, 5.74) is 0. The van der Waals surface area contributed by atoms with E-state index in [0.717, 1.165) is 12.3 Å². The van der Waals surface area contributed by atoms with Crippen LogP contribution in [-0.4, -0.2) is 24.5 Å². The molecule has 2 unspecified atom stereocenters. The topological polar surface area (TPSA) is 30.5 Å². The highest BCUT2D eigenvalue weighted by Crippen LogP contribution is 2.33. The summed E-state index contributed by atoms with van der Waals surface area (Å²) in [7, 11) is 1.78. The van der Waals surface area contributed by atoms with E-state index < -0.39 is 0 Å². The van der Waals surface area contributed by atoms with Crippen LogP contribution in [0, 0.1) is 0 Å². The molecule has 0 aromatic carbocycles. The average molecular weight is 181 g/mol. The van der Waals surface area contributed by atoms with Gasteiger partial charge in [0.2, 0.25) is 0 Å². The van der Waals surface area contributed by atoms with Crippen LogP contribution >= 0.6 is 20.8 Å². The van der Waals surface area contributed by atoms with Crippen LogP contribution in [-0.2, 0) is 9.05 Å². The summed E-state index contributed by atoms with van der Waals surface area (Å²) >= 11 is 1.78. The van der Waals surface area contributed by atoms with Gasteiger partial charge in [-0.1, -0.05) is 0 Å². The smallest absolute Gasteiger partial charge is 0.170 e. The Hall–Kier alpha value is 0.660. The highest BCUT2D eigenvalue weighted by molar-refractivity contribution is 8.00. The van der Waals surface area contributed by atoms with E-state index in [4.69, 9.17) is 9.05 Å². The van der Waals surface area contributed by atoms with Gasteiger partial charge in [0.1, 0.15) is 0 Å². The first-order chi connectivity index (χ1) is 4.77. The zero-order chi connectivity index (χ0) is 7.45. The molecule has 1 rings (SSSR count). The Bertz CT molecular complexity index is 108. The standard InChI is InChI=1S/C5H12NO2PS/c1-5(8-9-7-2)6-3-4-10-5/h6,9H,3-4H2,1-2H3. The number of hydrogen-bond donors (Lipinski definition) is 1. The van der Waals surface area contributed by atoms with E-state index in [0.29, 0.717) is 0 Å². The summed E-state index contributed by atoms with van der Waals surface area (Å²) in [5, 5.41) is 3.04. The molecule has 0 bridgehead atoms. The first-order valence-electron chi connectivity index (χ1n) is 3.12. The van der Waals surface area contributed by atoms with Gasteiger partial charge in [-0.2, -0.15) is 0 Å². The van der Waals surface area contributed by atoms with Crippen LogP contribution in [0.4, 0.5) is 0 Å². The van der Waals surface area contributed by atoms with Crippen molar-refractivity contribution in [3.8, 4) is 0 Å². The van der Waals surface area contributed by atoms with Crippen molar-refractivity contribution in [2.24, 2.45) is 0 Å². The third kappa shape index (κ3) is 2.36. The van der Waals surface area contributed by atoms with E-state index in [9.17, 15) is 0 Å². The van der Waals surface area contributed by atoms with Crippen molar-refractivity contribution in [3.63, 3.8) is 0 Å². The van der Waals surface area contributed by atoms with Crippen LogP contribution in [0.25, 0.3) is 0 Å². The number of nitrogens with one attached hydrogen (secondary N) is 1. The van der Waals surface area contributed by atoms with E-state index in [-0.39, 0.29) is 14.1 Å². The molecule has 1 N–H and O–H groups in total. The monoisotopic (exact) mass is 181 g/mol. The lowest BCUT2D eigenvalue weighted by Gasteiger charge is -2.22. The molecule has 0 aromatic rings. The molecule has 0 aliphatic carbocycles. The highest BCUT2D eigenvalue weighted by atomic mass is 32.2. The molecule has 5 heteroatoms. The summed E-state index contributed by atoms with van der Waals surface area (Å²) in [6.07, 6.45) is 0. The first-order valence-corrected chi connectivity index (χ1v) is 4.92. The molecule has 10 heavy (non-hydrogen) atoms. The average Bonchev–Trinajstić information content (AvgIpc) is 2.33. The van der Waals surface area contributed by atoms with Gasteiger partial charge in [0.15, 0.2) is 14.1 Å². The second kappa shape index (κ2) is 3.88. The van der Waals surface area contributed by atoms with Crippen molar-refractivity contribution in [1.82, 2.24) is 5.32 Å². The zero-order valence-electron chi connectivity index (χ0n) is 6.14. The van der Waals surface area contributed by atoms with Crippen molar-refractivity contribution < 1.29 is 9.05 Å². The Morgan fingerprint density at radius 3 is 3.00 bits per heavy atom. The fourth-order valence-electron chi connectivity index (χ4n) is 0.762. The molecule has 1 aliphatic heterocycles. The number of thioether (sulfide) groups is 1. The van der Waals surface area contributed by atoms with E-state index >= 15 is 0 Å². The maximum absolute atomic E-state index is 5.40. The Kier molecular flexibility index (Phi) is 3.40. The molecule has 1 aliphatic rings. The van der Waals surface area contributed by atoms with E-state index in [1.54, 1.807) is 18.9 Å². The number of hydrogen-bond acceptors (Lipinski definition) is 4. The normalized spacial score (nSPS) is 34.2. The van der Waals surface area contributed by atoms with Crippen LogP contribution in [0.5, 0.6) is 0 Å². The van der Waals surface area contributed by atoms with Crippen molar-refractivity contribution in [2.45, 2.75) is 12.0 Å². The summed E-state index contributed by atoms with van der Waals surface area (Å²) < 4.78 is 10.2. The van der Waals surface area contributed by atoms with Crippen LogP contribution in [0.3, 0.4) is 0 Å². The van der Waals surface area contributed by atoms with Gasteiger partial charge in [0, 0.05) is 19.4 Å². The maximum Gasteiger partial charge on any atom is 0.170 e. The van der Waals surface area contributed by atoms with Crippen molar-refractivity contribution in [3.05, 3.63) is 0 Å². The van der Waals surface area contributed by atoms with Crippen LogP contribution in [0.15, 0.2) is 0 Å². The molecule has 0 radical (unpaired) electrons. The van der Waals surface area contributed by atoms with Gasteiger partial charge in [-0.05, 0) is 6.92 Å². The minimum Gasteiger partial charge on any atom is -0.340 e. The Balaban J connectivity index is 2.22. The predicted octanol–water partition coefficient (Wildman–Crippen LogP) is 1.17. The molecule has 1 saturated heterocycles. The number of rotatable bonds is 3. The second-order valence-electron chi connectivity index (χ2n) is 2.11. The fraction of sp³-hybridized carbons (Fsp3) is 1.00. The highest BCUT2D eigenvalue weighted by Gasteiger charge is 2.29. The van der Waals surface area contributed by atoms with Gasteiger partial charge in [-0.25, -0.2) is 0 Å². The lowest BCUT2D eigenvalue weighted by molar-refractivity contribution is 0.162. The maximum atomic E-state index is 5.40. The zero-order valence-corrected chi connectivity index (χ0v) is 7.96. The first kappa shape index (κ1) is 8.75. The molecular weight excluding hydrogens is 169 g/mol. The molecule has 0 amide bonds. The van der Waals surface area contributed by atoms with Gasteiger partial charge in [0.25, 0.3) is 0 Å². The van der Waals surface area contributed by atoms with Gasteiger partial charge in [-0.3, -0.25) is 5.32 Å². The fourth-order valence-corrected chi connectivity index (χ4v) is 2.21. The summed E-state index contributed by atoms with van der Waals surface area (Å²) in [6, 6.07) is 0. The van der Waals surface area contributed by atoms with Gasteiger partial charge < -0.3 is 9.05 Å².